The fraction of sp³-hybridized carbons (Fsp3) is 0.250. The highest BCUT2D eigenvalue weighted by molar-refractivity contribution is 6.42. The molecule has 1 aliphatic heterocycles. The molecule has 1 unspecified atom stereocenters. The van der Waals surface area contributed by atoms with Crippen LogP contribution in [0.4, 0.5) is 4.39 Å². The molecule has 0 amide bonds. The highest BCUT2D eigenvalue weighted by Crippen LogP contribution is 2.43. The van der Waals surface area contributed by atoms with Crippen molar-refractivity contribution < 1.29 is 28.3 Å². The zero-order chi connectivity index (χ0) is 25.8. The third-order valence-electron chi connectivity index (χ3n) is 5.51. The van der Waals surface area contributed by atoms with Gasteiger partial charge < -0.3 is 19.6 Å². The topological polar surface area (TPSA) is 105 Å². The van der Waals surface area contributed by atoms with Gasteiger partial charge in [0.25, 0.3) is 0 Å². The maximum absolute atomic E-state index is 14.3. The molecule has 0 bridgehead atoms. The molecular formula is C24H21Cl2FN4O5. The van der Waals surface area contributed by atoms with Gasteiger partial charge >= 0.3 is 11.9 Å². The lowest BCUT2D eigenvalue weighted by Gasteiger charge is -2.32. The van der Waals surface area contributed by atoms with E-state index in [0.29, 0.717) is 16.6 Å². The second kappa shape index (κ2) is 11.0. The first kappa shape index (κ1) is 25.5. The van der Waals surface area contributed by atoms with E-state index in [0.717, 1.165) is 7.11 Å². The number of aromatic nitrogens is 3. The highest BCUT2D eigenvalue weighted by atomic mass is 35.5. The van der Waals surface area contributed by atoms with Crippen LogP contribution in [0.25, 0.3) is 11.0 Å². The van der Waals surface area contributed by atoms with Crippen molar-refractivity contribution in [1.82, 2.24) is 20.5 Å². The maximum Gasteiger partial charge on any atom is 0.336 e. The number of halogens is 3. The summed E-state index contributed by atoms with van der Waals surface area (Å²) in [5, 5.41) is 11.1. The molecule has 0 saturated heterocycles. The van der Waals surface area contributed by atoms with E-state index in [-0.39, 0.29) is 45.8 Å². The summed E-state index contributed by atoms with van der Waals surface area (Å²) in [4.78, 5) is 33.1. The number of nitrogens with one attached hydrogen (secondary N) is 1. The third-order valence-corrected chi connectivity index (χ3v) is 6.34. The summed E-state index contributed by atoms with van der Waals surface area (Å²) in [6.45, 7) is 0.352. The van der Waals surface area contributed by atoms with Gasteiger partial charge in [-0.3, -0.25) is 0 Å². The predicted octanol–water partition coefficient (Wildman–Crippen LogP) is 3.77. The van der Waals surface area contributed by atoms with Crippen LogP contribution in [0, 0.1) is 0 Å². The molecule has 2 aromatic carbocycles. The number of carbonyl (C=O) groups is 2. The van der Waals surface area contributed by atoms with Crippen molar-refractivity contribution in [2.75, 3.05) is 27.0 Å². The van der Waals surface area contributed by atoms with Gasteiger partial charge in [0.2, 0.25) is 0 Å². The van der Waals surface area contributed by atoms with Crippen LogP contribution in [0.2, 0.25) is 10.0 Å². The molecule has 4 rings (SSSR count). The highest BCUT2D eigenvalue weighted by Gasteiger charge is 2.41. The van der Waals surface area contributed by atoms with Crippen LogP contribution < -0.4 is 10.2 Å². The number of rotatable bonds is 8. The summed E-state index contributed by atoms with van der Waals surface area (Å²) >= 11 is 12.7. The van der Waals surface area contributed by atoms with E-state index >= 15 is 0 Å². The van der Waals surface area contributed by atoms with Crippen LogP contribution in [-0.2, 0) is 19.1 Å². The number of hydrogen-bond acceptors (Lipinski definition) is 8. The van der Waals surface area contributed by atoms with Crippen molar-refractivity contribution in [1.29, 1.82) is 0 Å². The van der Waals surface area contributed by atoms with E-state index in [1.807, 2.05) is 0 Å². The van der Waals surface area contributed by atoms with E-state index < -0.39 is 24.5 Å². The summed E-state index contributed by atoms with van der Waals surface area (Å²) in [6.07, 6.45) is 0. The molecule has 2 heterocycles. The van der Waals surface area contributed by atoms with Gasteiger partial charge in [-0.15, -0.1) is 5.10 Å². The standard InChI is InChI=1S/C24H21Cl2FN4O5/c1-3-35-24(33)21-17(12-36-31-18-10-5-4-9-15(18)29-30-31)28-16(11-27)20(23(32)34-2)19(21)13-7-6-8-14(25)22(13)26/h4-10,19,28H,3,11-12H2,1-2H3. The van der Waals surface area contributed by atoms with Crippen LogP contribution in [0.1, 0.15) is 18.4 Å². The van der Waals surface area contributed by atoms with Crippen molar-refractivity contribution >= 4 is 46.2 Å². The number of para-hydroxylation sites is 1. The monoisotopic (exact) mass is 534 g/mol. The zero-order valence-corrected chi connectivity index (χ0v) is 20.8. The summed E-state index contributed by atoms with van der Waals surface area (Å²) in [7, 11) is 1.16. The molecule has 0 aliphatic carbocycles. The number of nitrogens with zero attached hydrogens (tertiary/aromatic N) is 3. The molecule has 12 heteroatoms. The van der Waals surface area contributed by atoms with Crippen molar-refractivity contribution in [2.24, 2.45) is 0 Å². The van der Waals surface area contributed by atoms with Crippen LogP contribution in [0.5, 0.6) is 0 Å². The van der Waals surface area contributed by atoms with E-state index in [4.69, 9.17) is 37.5 Å². The molecular weight excluding hydrogens is 514 g/mol. The number of benzene rings is 2. The number of dihydropyridines is 1. The molecule has 0 spiro atoms. The van der Waals surface area contributed by atoms with Gasteiger partial charge in [-0.2, -0.15) is 0 Å². The van der Waals surface area contributed by atoms with Crippen LogP contribution >= 0.6 is 23.2 Å². The average molecular weight is 535 g/mol. The van der Waals surface area contributed by atoms with Gasteiger partial charge in [0.15, 0.2) is 6.61 Å². The number of fused-ring (bicyclic) bond motifs is 1. The van der Waals surface area contributed by atoms with E-state index in [9.17, 15) is 14.0 Å². The molecule has 36 heavy (non-hydrogen) atoms. The first-order chi connectivity index (χ1) is 17.4. The Balaban J connectivity index is 1.87. The fourth-order valence-electron chi connectivity index (χ4n) is 3.95. The molecule has 1 atom stereocenters. The number of methoxy groups -OCH3 is 1. The Morgan fingerprint density at radius 2 is 1.83 bits per heavy atom. The number of ether oxygens (including phenoxy) is 2. The Morgan fingerprint density at radius 1 is 1.08 bits per heavy atom. The zero-order valence-electron chi connectivity index (χ0n) is 19.3. The van der Waals surface area contributed by atoms with Crippen molar-refractivity contribution in [3.05, 3.63) is 80.6 Å². The molecule has 1 N–H and O–H groups in total. The molecule has 0 saturated carbocycles. The van der Waals surface area contributed by atoms with E-state index in [1.54, 1.807) is 49.4 Å². The lowest BCUT2D eigenvalue weighted by molar-refractivity contribution is -0.139. The first-order valence-corrected chi connectivity index (χ1v) is 11.6. The predicted molar refractivity (Wildman–Crippen MR) is 130 cm³/mol. The summed E-state index contributed by atoms with van der Waals surface area (Å²) in [6, 6.07) is 11.9. The quantitative estimate of drug-likeness (QED) is 0.435. The van der Waals surface area contributed by atoms with Crippen LogP contribution in [-0.4, -0.2) is 54.1 Å². The van der Waals surface area contributed by atoms with Crippen LogP contribution in [0.3, 0.4) is 0 Å². The second-order valence-corrected chi connectivity index (χ2v) is 8.34. The van der Waals surface area contributed by atoms with Gasteiger partial charge in [0.05, 0.1) is 52.2 Å². The molecule has 188 valence electrons. The van der Waals surface area contributed by atoms with Gasteiger partial charge in [0, 0.05) is 0 Å². The molecule has 1 aromatic heterocycles. The Morgan fingerprint density at radius 3 is 2.56 bits per heavy atom. The molecule has 0 fully saturated rings. The van der Waals surface area contributed by atoms with Crippen LogP contribution in [0.15, 0.2) is 65.0 Å². The number of alkyl halides is 1. The maximum atomic E-state index is 14.3. The van der Waals surface area contributed by atoms with Crippen molar-refractivity contribution in [3.63, 3.8) is 0 Å². The van der Waals surface area contributed by atoms with Gasteiger partial charge in [-0.1, -0.05) is 52.3 Å². The van der Waals surface area contributed by atoms with Crippen molar-refractivity contribution in [2.45, 2.75) is 12.8 Å². The van der Waals surface area contributed by atoms with Crippen molar-refractivity contribution in [3.8, 4) is 0 Å². The van der Waals surface area contributed by atoms with E-state index in [1.165, 1.54) is 4.85 Å². The summed E-state index contributed by atoms with van der Waals surface area (Å²) in [5.74, 6) is -2.76. The van der Waals surface area contributed by atoms with Gasteiger partial charge in [-0.05, 0) is 35.9 Å². The lowest BCUT2D eigenvalue weighted by Crippen LogP contribution is -2.37. The normalized spacial score (nSPS) is 15.6. The van der Waals surface area contributed by atoms with Gasteiger partial charge in [0.1, 0.15) is 17.7 Å². The molecule has 9 nitrogen and oxygen atoms in total. The Bertz CT molecular complexity index is 1390. The molecule has 3 aromatic rings. The lowest BCUT2D eigenvalue weighted by atomic mass is 9.80. The SMILES string of the molecule is CCOC(=O)C1=C(COn2nnc3ccccc32)NC(CF)=C(C(=O)OC)C1c1cccc(Cl)c1Cl. The Kier molecular flexibility index (Phi) is 7.76. The minimum atomic E-state index is -1.15. The Labute approximate surface area is 215 Å². The second-order valence-electron chi connectivity index (χ2n) is 7.56. The largest absolute Gasteiger partial charge is 0.466 e. The fourth-order valence-corrected chi connectivity index (χ4v) is 4.37. The number of carbonyl (C=O) groups excluding carboxylic acids is 2. The number of esters is 2. The molecule has 1 aliphatic rings. The minimum absolute atomic E-state index is 0.0111. The molecule has 0 radical (unpaired) electrons. The van der Waals surface area contributed by atoms with E-state index in [2.05, 4.69) is 15.6 Å². The smallest absolute Gasteiger partial charge is 0.336 e. The average Bonchev–Trinajstić information content (AvgIpc) is 3.31. The first-order valence-electron chi connectivity index (χ1n) is 10.8. The summed E-state index contributed by atoms with van der Waals surface area (Å²) in [5.41, 5.74) is 1.36. The number of hydrogen-bond donors (Lipinski definition) is 1. The number of allylic oxidation sites excluding steroid dienone is 1. The van der Waals surface area contributed by atoms with Gasteiger partial charge in [-0.25, -0.2) is 14.0 Å². The minimum Gasteiger partial charge on any atom is -0.466 e. The Hall–Kier alpha value is -3.63. The summed E-state index contributed by atoms with van der Waals surface area (Å²) < 4.78 is 24.5. The third kappa shape index (κ3) is 4.74.